The zero-order valence-electron chi connectivity index (χ0n) is 12.0. The third kappa shape index (κ3) is 12.7. The van der Waals surface area contributed by atoms with Gasteiger partial charge in [0.2, 0.25) is 0 Å². The molecule has 0 radical (unpaired) electrons. The molecule has 120 valence electrons. The highest BCUT2D eigenvalue weighted by Gasteiger charge is 2.21. The van der Waals surface area contributed by atoms with Gasteiger partial charge in [-0.25, -0.2) is 0 Å². The molecule has 1 saturated heterocycles. The van der Waals surface area contributed by atoms with E-state index >= 15 is 0 Å². The Balaban J connectivity index is 1.60. The van der Waals surface area contributed by atoms with E-state index in [9.17, 15) is 0 Å². The minimum absolute atomic E-state index is 0.0442. The van der Waals surface area contributed by atoms with E-state index in [-0.39, 0.29) is 6.61 Å². The summed E-state index contributed by atoms with van der Waals surface area (Å²) >= 11 is 0. The van der Waals surface area contributed by atoms with Crippen LogP contribution in [0.4, 0.5) is 0 Å². The zero-order valence-corrected chi connectivity index (χ0v) is 12.0. The molecule has 0 aromatic heterocycles. The van der Waals surface area contributed by atoms with Crippen LogP contribution in [0.25, 0.3) is 0 Å². The Morgan fingerprint density at radius 3 is 1.50 bits per heavy atom. The van der Waals surface area contributed by atoms with E-state index in [1.165, 1.54) is 0 Å². The standard InChI is InChI=1S/C13H26O7/c14-1-2-15-3-4-16-5-6-17-7-8-18-9-10-19-11-13-12-20-13/h13-14H,1-12H2. The van der Waals surface area contributed by atoms with Gasteiger partial charge in [0.15, 0.2) is 0 Å². The Labute approximate surface area is 120 Å². The number of ether oxygens (including phenoxy) is 6. The van der Waals surface area contributed by atoms with E-state index in [0.717, 1.165) is 6.61 Å². The normalized spacial score (nSPS) is 17.6. The summed E-state index contributed by atoms with van der Waals surface area (Å²) in [4.78, 5) is 0. The average molecular weight is 294 g/mol. The molecule has 0 aromatic rings. The first kappa shape index (κ1) is 17.8. The van der Waals surface area contributed by atoms with Gasteiger partial charge >= 0.3 is 0 Å². The Morgan fingerprint density at radius 1 is 0.700 bits per heavy atom. The van der Waals surface area contributed by atoms with E-state index in [0.29, 0.717) is 72.2 Å². The second-order valence-corrected chi connectivity index (χ2v) is 4.20. The van der Waals surface area contributed by atoms with Crippen molar-refractivity contribution in [1.29, 1.82) is 0 Å². The van der Waals surface area contributed by atoms with Gasteiger partial charge < -0.3 is 33.5 Å². The number of hydrogen-bond donors (Lipinski definition) is 1. The maximum absolute atomic E-state index is 8.47. The Bertz CT molecular complexity index is 199. The highest BCUT2D eigenvalue weighted by Crippen LogP contribution is 2.07. The molecular formula is C13H26O7. The van der Waals surface area contributed by atoms with Crippen LogP contribution in [0.3, 0.4) is 0 Å². The first-order chi connectivity index (χ1) is 9.93. The molecule has 1 fully saturated rings. The second-order valence-electron chi connectivity index (χ2n) is 4.20. The van der Waals surface area contributed by atoms with Crippen LogP contribution in [-0.2, 0) is 28.4 Å². The first-order valence-corrected chi connectivity index (χ1v) is 7.04. The van der Waals surface area contributed by atoms with Crippen LogP contribution in [-0.4, -0.2) is 90.5 Å². The summed E-state index contributed by atoms with van der Waals surface area (Å²) in [5.41, 5.74) is 0. The molecule has 0 saturated carbocycles. The van der Waals surface area contributed by atoms with Crippen molar-refractivity contribution < 1.29 is 33.5 Å². The average Bonchev–Trinajstić information content (AvgIpc) is 3.27. The van der Waals surface area contributed by atoms with Crippen LogP contribution >= 0.6 is 0 Å². The molecule has 1 unspecified atom stereocenters. The van der Waals surface area contributed by atoms with Gasteiger partial charge in [-0.2, -0.15) is 0 Å². The lowest BCUT2D eigenvalue weighted by Gasteiger charge is -2.07. The van der Waals surface area contributed by atoms with E-state index in [2.05, 4.69) is 0 Å². The molecule has 0 aromatic carbocycles. The van der Waals surface area contributed by atoms with Crippen molar-refractivity contribution in [2.24, 2.45) is 0 Å². The minimum Gasteiger partial charge on any atom is -0.394 e. The molecule has 1 aliphatic heterocycles. The summed E-state index contributed by atoms with van der Waals surface area (Å²) in [6.07, 6.45) is 0.312. The predicted molar refractivity (Wildman–Crippen MR) is 70.9 cm³/mol. The Kier molecular flexibility index (Phi) is 12.2. The lowest BCUT2D eigenvalue weighted by molar-refractivity contribution is -0.0139. The minimum atomic E-state index is 0.0442. The molecule has 0 amide bonds. The van der Waals surface area contributed by atoms with Crippen LogP contribution in [0.15, 0.2) is 0 Å². The summed E-state index contributed by atoms with van der Waals surface area (Å²) < 4.78 is 31.3. The van der Waals surface area contributed by atoms with Gasteiger partial charge in [-0.15, -0.1) is 0 Å². The molecule has 0 spiro atoms. The molecule has 0 bridgehead atoms. The van der Waals surface area contributed by atoms with E-state index in [4.69, 9.17) is 33.5 Å². The van der Waals surface area contributed by atoms with E-state index in [1.54, 1.807) is 0 Å². The van der Waals surface area contributed by atoms with Gasteiger partial charge in [-0.1, -0.05) is 0 Å². The molecule has 1 atom stereocenters. The lowest BCUT2D eigenvalue weighted by atomic mass is 10.5. The molecule has 1 rings (SSSR count). The van der Waals surface area contributed by atoms with Crippen LogP contribution in [0.2, 0.25) is 0 Å². The van der Waals surface area contributed by atoms with Gasteiger partial charge in [-0.3, -0.25) is 0 Å². The van der Waals surface area contributed by atoms with Gasteiger partial charge in [-0.05, 0) is 0 Å². The fraction of sp³-hybridized carbons (Fsp3) is 1.00. The third-order valence-electron chi connectivity index (χ3n) is 2.43. The van der Waals surface area contributed by atoms with Gasteiger partial charge in [0.25, 0.3) is 0 Å². The molecular weight excluding hydrogens is 268 g/mol. The molecule has 1 N–H and O–H groups in total. The van der Waals surface area contributed by atoms with Crippen molar-refractivity contribution in [2.45, 2.75) is 6.10 Å². The smallest absolute Gasteiger partial charge is 0.104 e. The van der Waals surface area contributed by atoms with E-state index in [1.807, 2.05) is 0 Å². The van der Waals surface area contributed by atoms with E-state index < -0.39 is 0 Å². The highest BCUT2D eigenvalue weighted by atomic mass is 16.6. The van der Waals surface area contributed by atoms with Crippen LogP contribution in [0.5, 0.6) is 0 Å². The molecule has 1 aliphatic rings. The SMILES string of the molecule is OCCOCCOCCOCCOCCOCC1CO1. The number of epoxide rings is 1. The predicted octanol–water partition coefficient (Wildman–Crippen LogP) is -0.539. The fourth-order valence-corrected chi connectivity index (χ4v) is 1.32. The zero-order chi connectivity index (χ0) is 14.3. The summed E-state index contributed by atoms with van der Waals surface area (Å²) in [6, 6.07) is 0. The number of aliphatic hydroxyl groups excluding tert-OH is 1. The van der Waals surface area contributed by atoms with Crippen LogP contribution < -0.4 is 0 Å². The molecule has 1 heterocycles. The Hall–Kier alpha value is -0.280. The van der Waals surface area contributed by atoms with Crippen molar-refractivity contribution in [1.82, 2.24) is 0 Å². The molecule has 7 heteroatoms. The second kappa shape index (κ2) is 13.7. The molecule has 0 aliphatic carbocycles. The van der Waals surface area contributed by atoms with Crippen molar-refractivity contribution >= 4 is 0 Å². The third-order valence-corrected chi connectivity index (χ3v) is 2.43. The molecule has 20 heavy (non-hydrogen) atoms. The fourth-order valence-electron chi connectivity index (χ4n) is 1.32. The topological polar surface area (TPSA) is 78.9 Å². The first-order valence-electron chi connectivity index (χ1n) is 7.04. The van der Waals surface area contributed by atoms with Gasteiger partial charge in [0, 0.05) is 0 Å². The summed E-state index contributed by atoms with van der Waals surface area (Å²) in [6.45, 7) is 6.26. The summed E-state index contributed by atoms with van der Waals surface area (Å²) in [5, 5.41) is 8.47. The maximum atomic E-state index is 8.47. The quantitative estimate of drug-likeness (QED) is 0.302. The summed E-state index contributed by atoms with van der Waals surface area (Å²) in [5.74, 6) is 0. The summed E-state index contributed by atoms with van der Waals surface area (Å²) in [7, 11) is 0. The van der Waals surface area contributed by atoms with Crippen LogP contribution in [0, 0.1) is 0 Å². The molecule has 7 nitrogen and oxygen atoms in total. The number of rotatable bonds is 16. The van der Waals surface area contributed by atoms with Gasteiger partial charge in [0.05, 0.1) is 79.3 Å². The van der Waals surface area contributed by atoms with Gasteiger partial charge in [0.1, 0.15) is 6.10 Å². The Morgan fingerprint density at radius 2 is 1.10 bits per heavy atom. The lowest BCUT2D eigenvalue weighted by Crippen LogP contribution is -2.14. The van der Waals surface area contributed by atoms with Crippen molar-refractivity contribution in [2.75, 3.05) is 79.3 Å². The number of hydrogen-bond acceptors (Lipinski definition) is 7. The van der Waals surface area contributed by atoms with Crippen molar-refractivity contribution in [3.05, 3.63) is 0 Å². The monoisotopic (exact) mass is 294 g/mol. The maximum Gasteiger partial charge on any atom is 0.104 e. The van der Waals surface area contributed by atoms with Crippen molar-refractivity contribution in [3.63, 3.8) is 0 Å². The largest absolute Gasteiger partial charge is 0.394 e. The van der Waals surface area contributed by atoms with Crippen LogP contribution in [0.1, 0.15) is 0 Å². The number of aliphatic hydroxyl groups is 1. The highest BCUT2D eigenvalue weighted by molar-refractivity contribution is 4.66. The van der Waals surface area contributed by atoms with Crippen molar-refractivity contribution in [3.8, 4) is 0 Å².